The summed E-state index contributed by atoms with van der Waals surface area (Å²) in [6.45, 7) is 5.20. The van der Waals surface area contributed by atoms with Gasteiger partial charge in [0, 0.05) is 37.9 Å². The molecule has 0 spiro atoms. The minimum absolute atomic E-state index is 0. The molecule has 2 heterocycles. The smallest absolute Gasteiger partial charge is 0.234 e. The molecule has 142 valence electrons. The molecule has 1 aromatic rings. The molecule has 0 radical (unpaired) electrons. The molecule has 1 amide bonds. The first-order chi connectivity index (χ1) is 11.3. The molecule has 0 saturated carbocycles. The molecule has 1 unspecified atom stereocenters. The second-order valence-corrected chi connectivity index (χ2v) is 6.58. The van der Waals surface area contributed by atoms with E-state index in [1.165, 1.54) is 24.1 Å². The van der Waals surface area contributed by atoms with Crippen LogP contribution in [-0.2, 0) is 11.2 Å². The molecule has 7 heteroatoms. The fourth-order valence-corrected chi connectivity index (χ4v) is 3.66. The van der Waals surface area contributed by atoms with Gasteiger partial charge < -0.3 is 15.5 Å². The second kappa shape index (κ2) is 10.9. The predicted octanol–water partition coefficient (Wildman–Crippen LogP) is 1.69. The van der Waals surface area contributed by atoms with Crippen LogP contribution < -0.4 is 15.5 Å². The van der Waals surface area contributed by atoms with Crippen LogP contribution in [0.3, 0.4) is 0 Å². The number of likely N-dealkylation sites (tertiary alicyclic amines) is 1. The van der Waals surface area contributed by atoms with E-state index in [4.69, 9.17) is 0 Å². The zero-order valence-electron chi connectivity index (χ0n) is 14.9. The molecule has 3 rings (SSSR count). The number of anilines is 1. The fraction of sp³-hybridized carbons (Fsp3) is 0.611. The van der Waals surface area contributed by atoms with Crippen molar-refractivity contribution in [1.29, 1.82) is 0 Å². The number of piperidine rings is 1. The standard InChI is InChI=1S/C18H28N4O.2ClH/c1-19-16-6-4-10-21(13-16)14-18(23)20-9-12-22-11-8-15-5-2-3-7-17(15)22;;/h2-3,5,7,16,19H,4,6,8-14H2,1H3,(H,20,23);2*1H. The van der Waals surface area contributed by atoms with Gasteiger partial charge in [0.1, 0.15) is 0 Å². The molecule has 5 nitrogen and oxygen atoms in total. The average Bonchev–Trinajstić information content (AvgIpc) is 2.98. The number of rotatable bonds is 6. The summed E-state index contributed by atoms with van der Waals surface area (Å²) in [6.07, 6.45) is 3.50. The van der Waals surface area contributed by atoms with Crippen LogP contribution in [0.2, 0.25) is 0 Å². The number of fused-ring (bicyclic) bond motifs is 1. The summed E-state index contributed by atoms with van der Waals surface area (Å²) in [5.74, 6) is 0.147. The van der Waals surface area contributed by atoms with Crippen molar-refractivity contribution in [2.24, 2.45) is 0 Å². The molecular formula is C18H30Cl2N4O. The Kier molecular flexibility index (Phi) is 9.57. The van der Waals surface area contributed by atoms with Gasteiger partial charge in [0.2, 0.25) is 5.91 Å². The van der Waals surface area contributed by atoms with Gasteiger partial charge in [-0.3, -0.25) is 9.69 Å². The van der Waals surface area contributed by atoms with Crippen LogP contribution in [0.15, 0.2) is 24.3 Å². The number of halogens is 2. The van der Waals surface area contributed by atoms with E-state index in [-0.39, 0.29) is 30.7 Å². The summed E-state index contributed by atoms with van der Waals surface area (Å²) in [5, 5.41) is 6.39. The lowest BCUT2D eigenvalue weighted by atomic mass is 10.1. The lowest BCUT2D eigenvalue weighted by molar-refractivity contribution is -0.122. The Bertz CT molecular complexity index is 544. The normalized spacial score (nSPS) is 19.6. The van der Waals surface area contributed by atoms with Crippen LogP contribution in [0.1, 0.15) is 18.4 Å². The van der Waals surface area contributed by atoms with E-state index in [1.807, 2.05) is 7.05 Å². The first kappa shape index (κ1) is 22.0. The van der Waals surface area contributed by atoms with Crippen LogP contribution in [0.25, 0.3) is 0 Å². The Morgan fingerprint density at radius 3 is 2.84 bits per heavy atom. The molecule has 1 atom stereocenters. The van der Waals surface area contributed by atoms with E-state index in [0.717, 1.165) is 39.1 Å². The Hall–Kier alpha value is -1.01. The van der Waals surface area contributed by atoms with Crippen molar-refractivity contribution >= 4 is 36.4 Å². The minimum Gasteiger partial charge on any atom is -0.369 e. The molecule has 25 heavy (non-hydrogen) atoms. The third-order valence-corrected chi connectivity index (χ3v) is 4.97. The van der Waals surface area contributed by atoms with E-state index >= 15 is 0 Å². The highest BCUT2D eigenvalue weighted by molar-refractivity contribution is 5.85. The lowest BCUT2D eigenvalue weighted by Crippen LogP contribution is -2.48. The number of amides is 1. The number of nitrogens with one attached hydrogen (secondary N) is 2. The molecule has 1 fully saturated rings. The van der Waals surface area contributed by atoms with Crippen molar-refractivity contribution in [3.63, 3.8) is 0 Å². The molecule has 1 saturated heterocycles. The van der Waals surface area contributed by atoms with Crippen molar-refractivity contribution in [2.75, 3.05) is 51.2 Å². The monoisotopic (exact) mass is 388 g/mol. The highest BCUT2D eigenvalue weighted by atomic mass is 35.5. The number of carbonyl (C=O) groups excluding carboxylic acids is 1. The lowest BCUT2D eigenvalue weighted by Gasteiger charge is -2.32. The molecule has 0 aromatic heterocycles. The second-order valence-electron chi connectivity index (χ2n) is 6.58. The number of likely N-dealkylation sites (N-methyl/N-ethyl adjacent to an activating group) is 1. The molecule has 2 N–H and O–H groups in total. The van der Waals surface area contributed by atoms with Gasteiger partial charge in [-0.1, -0.05) is 18.2 Å². The van der Waals surface area contributed by atoms with Crippen molar-refractivity contribution in [3.8, 4) is 0 Å². The van der Waals surface area contributed by atoms with Crippen molar-refractivity contribution in [1.82, 2.24) is 15.5 Å². The Morgan fingerprint density at radius 2 is 2.04 bits per heavy atom. The third kappa shape index (κ3) is 6.03. The van der Waals surface area contributed by atoms with E-state index in [0.29, 0.717) is 12.6 Å². The maximum atomic E-state index is 12.1. The molecule has 2 aliphatic rings. The predicted molar refractivity (Wildman–Crippen MR) is 108 cm³/mol. The van der Waals surface area contributed by atoms with Crippen molar-refractivity contribution < 1.29 is 4.79 Å². The van der Waals surface area contributed by atoms with E-state index < -0.39 is 0 Å². The van der Waals surface area contributed by atoms with Gasteiger partial charge in [0.05, 0.1) is 6.54 Å². The van der Waals surface area contributed by atoms with Crippen LogP contribution >= 0.6 is 24.8 Å². The Balaban J connectivity index is 0.00000156. The van der Waals surface area contributed by atoms with E-state index in [2.05, 4.69) is 44.7 Å². The van der Waals surface area contributed by atoms with Crippen LogP contribution in [0.5, 0.6) is 0 Å². The van der Waals surface area contributed by atoms with Gasteiger partial charge in [-0.15, -0.1) is 24.8 Å². The zero-order chi connectivity index (χ0) is 16.1. The Morgan fingerprint density at radius 1 is 1.24 bits per heavy atom. The summed E-state index contributed by atoms with van der Waals surface area (Å²) < 4.78 is 0. The number of nitrogens with zero attached hydrogens (tertiary/aromatic N) is 2. The van der Waals surface area contributed by atoms with E-state index in [1.54, 1.807) is 0 Å². The highest BCUT2D eigenvalue weighted by Gasteiger charge is 2.21. The maximum absolute atomic E-state index is 12.1. The summed E-state index contributed by atoms with van der Waals surface area (Å²) in [7, 11) is 2.00. The number of benzene rings is 1. The quantitative estimate of drug-likeness (QED) is 0.778. The summed E-state index contributed by atoms with van der Waals surface area (Å²) in [5.41, 5.74) is 2.75. The van der Waals surface area contributed by atoms with Gasteiger partial charge in [-0.05, 0) is 44.5 Å². The largest absolute Gasteiger partial charge is 0.369 e. The number of carbonyl (C=O) groups is 1. The SMILES string of the molecule is CNC1CCCN(CC(=O)NCCN2CCc3ccccc32)C1.Cl.Cl. The zero-order valence-corrected chi connectivity index (χ0v) is 16.5. The third-order valence-electron chi connectivity index (χ3n) is 4.97. The van der Waals surface area contributed by atoms with Gasteiger partial charge >= 0.3 is 0 Å². The summed E-state index contributed by atoms with van der Waals surface area (Å²) in [4.78, 5) is 16.8. The van der Waals surface area contributed by atoms with Crippen LogP contribution in [0.4, 0.5) is 5.69 Å². The average molecular weight is 389 g/mol. The first-order valence-corrected chi connectivity index (χ1v) is 8.75. The molecular weight excluding hydrogens is 359 g/mol. The van der Waals surface area contributed by atoms with Crippen LogP contribution in [0, 0.1) is 0 Å². The fourth-order valence-electron chi connectivity index (χ4n) is 3.66. The minimum atomic E-state index is 0. The molecule has 0 aliphatic carbocycles. The molecule has 1 aromatic carbocycles. The highest BCUT2D eigenvalue weighted by Crippen LogP contribution is 2.26. The van der Waals surface area contributed by atoms with Gasteiger partial charge in [0.15, 0.2) is 0 Å². The molecule has 0 bridgehead atoms. The summed E-state index contributed by atoms with van der Waals surface area (Å²) in [6, 6.07) is 9.08. The van der Waals surface area contributed by atoms with Gasteiger partial charge in [-0.2, -0.15) is 0 Å². The van der Waals surface area contributed by atoms with Gasteiger partial charge in [-0.25, -0.2) is 0 Å². The Labute approximate surface area is 163 Å². The maximum Gasteiger partial charge on any atom is 0.234 e. The summed E-state index contributed by atoms with van der Waals surface area (Å²) >= 11 is 0. The number of para-hydroxylation sites is 1. The van der Waals surface area contributed by atoms with Crippen molar-refractivity contribution in [2.45, 2.75) is 25.3 Å². The topological polar surface area (TPSA) is 47.6 Å². The number of hydrogen-bond donors (Lipinski definition) is 2. The van der Waals surface area contributed by atoms with Crippen molar-refractivity contribution in [3.05, 3.63) is 29.8 Å². The first-order valence-electron chi connectivity index (χ1n) is 8.75. The van der Waals surface area contributed by atoms with Crippen LogP contribution in [-0.4, -0.2) is 63.2 Å². The van der Waals surface area contributed by atoms with Gasteiger partial charge in [0.25, 0.3) is 0 Å². The van der Waals surface area contributed by atoms with E-state index in [9.17, 15) is 4.79 Å². The molecule has 2 aliphatic heterocycles. The number of hydrogen-bond acceptors (Lipinski definition) is 4.